The van der Waals surface area contributed by atoms with Gasteiger partial charge in [0.2, 0.25) is 11.8 Å². The Morgan fingerprint density at radius 2 is 1.69 bits per heavy atom. The molecule has 2 saturated heterocycles. The van der Waals surface area contributed by atoms with E-state index in [1.165, 1.54) is 37.3 Å². The van der Waals surface area contributed by atoms with Crippen LogP contribution in [0.15, 0.2) is 89.0 Å². The molecule has 0 unspecified atom stereocenters. The van der Waals surface area contributed by atoms with Crippen molar-refractivity contribution in [3.63, 3.8) is 0 Å². The Morgan fingerprint density at radius 1 is 0.982 bits per heavy atom. The predicted octanol–water partition coefficient (Wildman–Crippen LogP) is 6.88. The number of carbonyl (C=O) groups excluding carboxylic acids is 5. The van der Waals surface area contributed by atoms with Crippen LogP contribution >= 0.6 is 23.2 Å². The van der Waals surface area contributed by atoms with Gasteiger partial charge in [0.15, 0.2) is 11.6 Å². The van der Waals surface area contributed by atoms with Gasteiger partial charge in [0.25, 0.3) is 11.8 Å². The summed E-state index contributed by atoms with van der Waals surface area (Å²) in [7, 11) is 0. The molecule has 282 valence electrons. The summed E-state index contributed by atoms with van der Waals surface area (Å²) in [6.45, 7) is 0.912. The summed E-state index contributed by atoms with van der Waals surface area (Å²) in [5, 5.41) is 10.5. The number of alkyl halides is 3. The number of hydrogen-bond acceptors (Lipinski definition) is 9. The van der Waals surface area contributed by atoms with E-state index >= 15 is 4.79 Å². The van der Waals surface area contributed by atoms with Crippen molar-refractivity contribution in [1.82, 2.24) is 9.99 Å². The summed E-state index contributed by atoms with van der Waals surface area (Å²) in [6, 6.07) is 16.1. The van der Waals surface area contributed by atoms with Gasteiger partial charge in [-0.25, -0.2) is 4.98 Å². The van der Waals surface area contributed by atoms with Crippen molar-refractivity contribution in [3.8, 4) is 0 Å². The lowest BCUT2D eigenvalue weighted by Gasteiger charge is -2.49. The standard InChI is InChI=1S/C39H29Cl2F3N4O7/c1-18(50)19-2-8-23(9-3-19)47-34(51)26-12-11-25-27(31(26)36(47)53)15-28-35(52)48(46-33-29(41)14-21(16-45-33)39(42,43)44)37(54)38(28,20-4-6-22(40)7-5-20)32(25)30-13-10-24(17-49)55-30/h2-11,13-14,16,26-28,31-32,49H,12,15,17H2,1H3,(H,45,46)/t26-,27+,28-,31-,32+,38+/m0/s1. The highest BCUT2D eigenvalue weighted by molar-refractivity contribution is 6.33. The first-order chi connectivity index (χ1) is 26.2. The first-order valence-corrected chi connectivity index (χ1v) is 17.9. The molecule has 4 aromatic rings. The Bertz CT molecular complexity index is 2330. The van der Waals surface area contributed by atoms with Gasteiger partial charge in [-0.15, -0.1) is 0 Å². The van der Waals surface area contributed by atoms with Gasteiger partial charge in [0, 0.05) is 16.8 Å². The van der Waals surface area contributed by atoms with Gasteiger partial charge >= 0.3 is 6.18 Å². The second-order valence-corrected chi connectivity index (χ2v) is 14.8. The number of aliphatic hydroxyl groups is 1. The van der Waals surface area contributed by atoms with Crippen molar-refractivity contribution >= 4 is 64.1 Å². The van der Waals surface area contributed by atoms with Crippen LogP contribution in [-0.2, 0) is 37.4 Å². The fourth-order valence-electron chi connectivity index (χ4n) is 8.83. The van der Waals surface area contributed by atoms with Crippen LogP contribution in [0.4, 0.5) is 24.7 Å². The van der Waals surface area contributed by atoms with Crippen LogP contribution in [0.3, 0.4) is 0 Å². The second kappa shape index (κ2) is 13.2. The first kappa shape index (κ1) is 36.7. The third-order valence-corrected chi connectivity index (χ3v) is 11.8. The summed E-state index contributed by atoms with van der Waals surface area (Å²) in [6.07, 6.45) is -2.41. The van der Waals surface area contributed by atoms with Gasteiger partial charge in [-0.3, -0.25) is 34.3 Å². The van der Waals surface area contributed by atoms with Crippen molar-refractivity contribution in [2.45, 2.75) is 43.9 Å². The molecule has 6 atom stereocenters. The smallest absolute Gasteiger partial charge is 0.417 e. The maximum absolute atomic E-state index is 15.2. The van der Waals surface area contributed by atoms with E-state index in [1.54, 1.807) is 36.4 Å². The molecule has 4 heterocycles. The largest absolute Gasteiger partial charge is 0.463 e. The van der Waals surface area contributed by atoms with E-state index in [9.17, 15) is 37.5 Å². The molecular weight excluding hydrogens is 764 g/mol. The Labute approximate surface area is 320 Å². The summed E-state index contributed by atoms with van der Waals surface area (Å²) in [5.41, 5.74) is 1.24. The predicted molar refractivity (Wildman–Crippen MR) is 190 cm³/mol. The van der Waals surface area contributed by atoms with E-state index < -0.39 is 87.8 Å². The number of ketones is 1. The molecule has 55 heavy (non-hydrogen) atoms. The molecule has 1 saturated carbocycles. The number of fused-ring (bicyclic) bond motifs is 4. The fraction of sp³-hybridized carbons (Fsp3) is 0.282. The van der Waals surface area contributed by atoms with Gasteiger partial charge in [-0.1, -0.05) is 47.0 Å². The number of aromatic nitrogens is 1. The van der Waals surface area contributed by atoms with Crippen LogP contribution in [-0.4, -0.2) is 44.5 Å². The lowest BCUT2D eigenvalue weighted by Crippen LogP contribution is -2.53. The number of Topliss-reactive ketones (excluding diaryl/α,β-unsaturated/α-hetero) is 1. The number of nitrogens with zero attached hydrogens (tertiary/aromatic N) is 3. The Kier molecular flexibility index (Phi) is 8.78. The molecule has 8 rings (SSSR count). The van der Waals surface area contributed by atoms with E-state index in [1.807, 2.05) is 0 Å². The Hall–Kier alpha value is -5.31. The maximum Gasteiger partial charge on any atom is 0.417 e. The number of hydrazine groups is 1. The number of anilines is 2. The molecule has 11 nitrogen and oxygen atoms in total. The van der Waals surface area contributed by atoms with Gasteiger partial charge in [0.05, 0.1) is 39.9 Å². The van der Waals surface area contributed by atoms with Gasteiger partial charge in [-0.05, 0) is 85.8 Å². The highest BCUT2D eigenvalue weighted by Crippen LogP contribution is 2.64. The molecular formula is C39H29Cl2F3N4O7. The molecule has 2 aliphatic carbocycles. The number of furan rings is 1. The zero-order valence-corrected chi connectivity index (χ0v) is 30.2. The Morgan fingerprint density at radius 3 is 2.31 bits per heavy atom. The SMILES string of the molecule is CC(=O)c1ccc(N2C(=O)[C@H]3[C@H](CC=C4[C@H]3C[C@H]3C(=O)N(Nc5ncc(C(F)(F)F)cc5Cl)C(=O)[C@@]3(c3ccc(Cl)cc3)[C@H]4c3ccc(CO)o3)C2=O)cc1. The third kappa shape index (κ3) is 5.60. The topological polar surface area (TPSA) is 150 Å². The molecule has 2 aromatic heterocycles. The number of halogens is 5. The highest BCUT2D eigenvalue weighted by atomic mass is 35.5. The van der Waals surface area contributed by atoms with E-state index in [4.69, 9.17) is 27.6 Å². The van der Waals surface area contributed by atoms with Gasteiger partial charge in [0.1, 0.15) is 23.5 Å². The average Bonchev–Trinajstić information content (AvgIpc) is 3.79. The number of imide groups is 2. The minimum absolute atomic E-state index is 0.0905. The van der Waals surface area contributed by atoms with E-state index in [0.29, 0.717) is 39.0 Å². The van der Waals surface area contributed by atoms with Crippen LogP contribution in [0.2, 0.25) is 10.0 Å². The number of rotatable bonds is 7. The molecule has 4 amide bonds. The number of pyridine rings is 1. The number of allylic oxidation sites excluding steroid dienone is 2. The number of carbonyl (C=O) groups is 5. The van der Waals surface area contributed by atoms with Crippen LogP contribution in [0, 0.1) is 23.7 Å². The molecule has 4 aliphatic rings. The van der Waals surface area contributed by atoms with E-state index in [2.05, 4.69) is 10.4 Å². The lowest BCUT2D eigenvalue weighted by atomic mass is 9.50. The van der Waals surface area contributed by atoms with Crippen molar-refractivity contribution in [1.29, 1.82) is 0 Å². The maximum atomic E-state index is 15.2. The molecule has 0 radical (unpaired) electrons. The third-order valence-electron chi connectivity index (χ3n) is 11.2. The molecule has 2 N–H and O–H groups in total. The van der Waals surface area contributed by atoms with E-state index in [-0.39, 0.29) is 35.8 Å². The van der Waals surface area contributed by atoms with Crippen LogP contribution in [0.5, 0.6) is 0 Å². The number of hydrogen-bond donors (Lipinski definition) is 2. The summed E-state index contributed by atoms with van der Waals surface area (Å²) in [5.74, 6) is -7.62. The summed E-state index contributed by atoms with van der Waals surface area (Å²) in [4.78, 5) is 75.2. The fourth-order valence-corrected chi connectivity index (χ4v) is 9.16. The van der Waals surface area contributed by atoms with Crippen LogP contribution in [0.1, 0.15) is 58.7 Å². The zero-order chi connectivity index (χ0) is 39.1. The van der Waals surface area contributed by atoms with Crippen molar-refractivity contribution in [3.05, 3.63) is 123 Å². The van der Waals surface area contributed by atoms with Crippen molar-refractivity contribution < 1.29 is 46.7 Å². The van der Waals surface area contributed by atoms with Crippen molar-refractivity contribution in [2.24, 2.45) is 23.7 Å². The summed E-state index contributed by atoms with van der Waals surface area (Å²) >= 11 is 12.5. The van der Waals surface area contributed by atoms with E-state index in [0.717, 1.165) is 4.90 Å². The lowest BCUT2D eigenvalue weighted by molar-refractivity contribution is -0.139. The highest BCUT2D eigenvalue weighted by Gasteiger charge is 2.71. The molecule has 16 heteroatoms. The minimum atomic E-state index is -4.76. The van der Waals surface area contributed by atoms with Crippen LogP contribution in [0.25, 0.3) is 0 Å². The zero-order valence-electron chi connectivity index (χ0n) is 28.6. The van der Waals surface area contributed by atoms with Gasteiger partial charge in [-0.2, -0.15) is 18.2 Å². The quantitative estimate of drug-likeness (QED) is 0.116. The second-order valence-electron chi connectivity index (χ2n) is 14.0. The average molecular weight is 794 g/mol. The Balaban J connectivity index is 1.27. The normalized spacial score (nSPS) is 26.2. The molecule has 0 bridgehead atoms. The summed E-state index contributed by atoms with van der Waals surface area (Å²) < 4.78 is 46.5. The number of nitrogens with one attached hydrogen (secondary N) is 1. The first-order valence-electron chi connectivity index (χ1n) is 17.2. The monoisotopic (exact) mass is 792 g/mol. The number of benzene rings is 2. The number of aliphatic hydroxyl groups excluding tert-OH is 1. The molecule has 0 spiro atoms. The minimum Gasteiger partial charge on any atom is -0.463 e. The van der Waals surface area contributed by atoms with Crippen molar-refractivity contribution in [2.75, 3.05) is 10.3 Å². The number of amides is 4. The molecule has 2 aliphatic heterocycles. The molecule has 2 aromatic carbocycles. The molecule has 3 fully saturated rings. The van der Waals surface area contributed by atoms with Gasteiger partial charge < -0.3 is 9.52 Å². The van der Waals surface area contributed by atoms with Crippen LogP contribution < -0.4 is 10.3 Å².